The lowest BCUT2D eigenvalue weighted by Crippen LogP contribution is -2.63. The van der Waals surface area contributed by atoms with Crippen LogP contribution in [0.2, 0.25) is 0 Å². The van der Waals surface area contributed by atoms with Gasteiger partial charge in [0.2, 0.25) is 0 Å². The van der Waals surface area contributed by atoms with Crippen molar-refractivity contribution in [2.24, 2.45) is 5.92 Å². The van der Waals surface area contributed by atoms with E-state index in [1.165, 1.54) is 24.3 Å². The molecule has 23 heavy (non-hydrogen) atoms. The van der Waals surface area contributed by atoms with Crippen LogP contribution in [-0.2, 0) is 10.2 Å². The summed E-state index contributed by atoms with van der Waals surface area (Å²) in [4.78, 5) is 0. The van der Waals surface area contributed by atoms with Crippen LogP contribution in [-0.4, -0.2) is 39.4 Å². The Bertz CT molecular complexity index is 630. The van der Waals surface area contributed by atoms with Crippen LogP contribution < -0.4 is 0 Å². The molecule has 0 aromatic heterocycles. The van der Waals surface area contributed by atoms with Crippen molar-refractivity contribution in [2.75, 3.05) is 13.2 Å². The minimum absolute atomic E-state index is 0.0832. The molecule has 5 heteroatoms. The van der Waals surface area contributed by atoms with Crippen molar-refractivity contribution in [1.82, 2.24) is 0 Å². The third-order valence-corrected chi connectivity index (χ3v) is 4.72. The van der Waals surface area contributed by atoms with Crippen LogP contribution in [0.15, 0.2) is 48.5 Å². The van der Waals surface area contributed by atoms with Crippen molar-refractivity contribution in [1.29, 1.82) is 0 Å². The van der Waals surface area contributed by atoms with E-state index in [1.54, 1.807) is 31.2 Å². The summed E-state index contributed by atoms with van der Waals surface area (Å²) in [5, 5.41) is 41.0. The second kappa shape index (κ2) is 5.53. The second-order valence-electron chi connectivity index (χ2n) is 6.14. The molecule has 5 nitrogen and oxygen atoms in total. The van der Waals surface area contributed by atoms with Gasteiger partial charge in [-0.1, -0.05) is 31.2 Å². The first kappa shape index (κ1) is 15.8. The predicted octanol–water partition coefficient (Wildman–Crippen LogP) is 1.73. The van der Waals surface area contributed by atoms with Crippen molar-refractivity contribution >= 4 is 0 Å². The zero-order valence-corrected chi connectivity index (χ0v) is 12.8. The van der Waals surface area contributed by atoms with Crippen LogP contribution in [0.1, 0.15) is 18.1 Å². The number of aliphatic hydroxyl groups is 2. The van der Waals surface area contributed by atoms with Gasteiger partial charge in [-0.2, -0.15) is 0 Å². The Balaban J connectivity index is 2.24. The predicted molar refractivity (Wildman–Crippen MR) is 84.1 cm³/mol. The monoisotopic (exact) mass is 316 g/mol. The van der Waals surface area contributed by atoms with Crippen molar-refractivity contribution in [3.8, 4) is 11.5 Å². The van der Waals surface area contributed by atoms with Gasteiger partial charge in [-0.25, -0.2) is 0 Å². The fourth-order valence-electron chi connectivity index (χ4n) is 3.28. The molecule has 2 aromatic carbocycles. The summed E-state index contributed by atoms with van der Waals surface area (Å²) in [5.74, 6) is -2.36. The molecule has 1 atom stereocenters. The molecule has 122 valence electrons. The molecule has 3 rings (SSSR count). The molecule has 1 fully saturated rings. The number of rotatable bonds is 2. The Morgan fingerprint density at radius 1 is 0.870 bits per heavy atom. The Morgan fingerprint density at radius 2 is 1.30 bits per heavy atom. The normalized spacial score (nSPS) is 22.7. The van der Waals surface area contributed by atoms with Gasteiger partial charge < -0.3 is 25.2 Å². The van der Waals surface area contributed by atoms with Gasteiger partial charge in [0.05, 0.1) is 18.6 Å². The van der Waals surface area contributed by atoms with Gasteiger partial charge in [0, 0.05) is 5.92 Å². The molecule has 0 spiro atoms. The lowest BCUT2D eigenvalue weighted by molar-refractivity contribution is -0.278. The molecule has 1 unspecified atom stereocenters. The van der Waals surface area contributed by atoms with Gasteiger partial charge in [0.15, 0.2) is 5.79 Å². The van der Waals surface area contributed by atoms with Crippen LogP contribution in [0.3, 0.4) is 0 Å². The van der Waals surface area contributed by atoms with Gasteiger partial charge in [0.25, 0.3) is 0 Å². The number of hydrogen-bond donors (Lipinski definition) is 4. The SMILES string of the molecule is CC1COCC(c2ccc(O)cc2)(c2ccc(O)cc2)C1(O)O. The van der Waals surface area contributed by atoms with Crippen LogP contribution >= 0.6 is 0 Å². The van der Waals surface area contributed by atoms with Gasteiger partial charge >= 0.3 is 0 Å². The van der Waals surface area contributed by atoms with E-state index in [2.05, 4.69) is 0 Å². The molecular weight excluding hydrogens is 296 g/mol. The number of benzene rings is 2. The van der Waals surface area contributed by atoms with E-state index < -0.39 is 17.1 Å². The van der Waals surface area contributed by atoms with Gasteiger partial charge in [0.1, 0.15) is 11.5 Å². The fraction of sp³-hybridized carbons (Fsp3) is 0.333. The van der Waals surface area contributed by atoms with Crippen molar-refractivity contribution in [3.63, 3.8) is 0 Å². The van der Waals surface area contributed by atoms with Crippen molar-refractivity contribution in [2.45, 2.75) is 18.1 Å². The molecule has 4 N–H and O–H groups in total. The summed E-state index contributed by atoms with van der Waals surface area (Å²) >= 11 is 0. The first-order valence-corrected chi connectivity index (χ1v) is 7.49. The fourth-order valence-corrected chi connectivity index (χ4v) is 3.28. The second-order valence-corrected chi connectivity index (χ2v) is 6.14. The molecule has 1 saturated heterocycles. The summed E-state index contributed by atoms with van der Waals surface area (Å²) in [6.45, 7) is 2.04. The first-order chi connectivity index (χ1) is 10.9. The molecule has 0 aliphatic carbocycles. The number of aromatic hydroxyl groups is 2. The quantitative estimate of drug-likeness (QED) is 0.634. The minimum Gasteiger partial charge on any atom is -0.508 e. The molecule has 0 saturated carbocycles. The number of phenols is 2. The van der Waals surface area contributed by atoms with Crippen LogP contribution in [0, 0.1) is 5.92 Å². The van der Waals surface area contributed by atoms with Crippen LogP contribution in [0.4, 0.5) is 0 Å². The lowest BCUT2D eigenvalue weighted by atomic mass is 9.64. The number of ether oxygens (including phenoxy) is 1. The van der Waals surface area contributed by atoms with E-state index in [4.69, 9.17) is 4.74 Å². The average molecular weight is 316 g/mol. The third kappa shape index (κ3) is 2.37. The van der Waals surface area contributed by atoms with Gasteiger partial charge in [-0.3, -0.25) is 0 Å². The highest BCUT2D eigenvalue weighted by atomic mass is 16.5. The largest absolute Gasteiger partial charge is 0.508 e. The smallest absolute Gasteiger partial charge is 0.183 e. The summed E-state index contributed by atoms with van der Waals surface area (Å²) in [6.07, 6.45) is 0. The van der Waals surface area contributed by atoms with Crippen molar-refractivity contribution in [3.05, 3.63) is 59.7 Å². The highest BCUT2D eigenvalue weighted by molar-refractivity contribution is 5.46. The molecule has 0 bridgehead atoms. The van der Waals surface area contributed by atoms with E-state index in [0.717, 1.165) is 0 Å². The number of phenolic OH excluding ortho intramolecular Hbond substituents is 2. The van der Waals surface area contributed by atoms with Gasteiger partial charge in [-0.05, 0) is 35.4 Å². The standard InChI is InChI=1S/C18H20O5/c1-12-10-23-11-17(18(12,21)22,13-2-6-15(19)7-3-13)14-4-8-16(20)9-5-14/h2-9,12,19-22H,10-11H2,1H3. The summed E-state index contributed by atoms with van der Waals surface area (Å²) in [6, 6.07) is 12.7. The number of hydrogen-bond acceptors (Lipinski definition) is 5. The summed E-state index contributed by atoms with van der Waals surface area (Å²) in [5.41, 5.74) is 0.0292. The zero-order valence-electron chi connectivity index (χ0n) is 12.8. The van der Waals surface area contributed by atoms with E-state index in [-0.39, 0.29) is 24.7 Å². The average Bonchev–Trinajstić information content (AvgIpc) is 2.52. The maximum Gasteiger partial charge on any atom is 0.183 e. The molecule has 0 radical (unpaired) electrons. The molecule has 1 heterocycles. The van der Waals surface area contributed by atoms with Crippen LogP contribution in [0.25, 0.3) is 0 Å². The third-order valence-electron chi connectivity index (χ3n) is 4.72. The van der Waals surface area contributed by atoms with E-state index in [1.807, 2.05) is 0 Å². The lowest BCUT2D eigenvalue weighted by Gasteiger charge is -2.50. The molecule has 1 aliphatic heterocycles. The Hall–Kier alpha value is -2.08. The highest BCUT2D eigenvalue weighted by Crippen LogP contribution is 2.47. The maximum absolute atomic E-state index is 10.9. The summed E-state index contributed by atoms with van der Waals surface area (Å²) in [7, 11) is 0. The molecule has 0 amide bonds. The zero-order chi connectivity index (χ0) is 16.7. The Labute approximate surface area is 134 Å². The maximum atomic E-state index is 10.9. The van der Waals surface area contributed by atoms with Crippen LogP contribution in [0.5, 0.6) is 11.5 Å². The Kier molecular flexibility index (Phi) is 3.80. The topological polar surface area (TPSA) is 90.2 Å². The first-order valence-electron chi connectivity index (χ1n) is 7.49. The van der Waals surface area contributed by atoms with Crippen molar-refractivity contribution < 1.29 is 25.2 Å². The van der Waals surface area contributed by atoms with E-state index in [9.17, 15) is 20.4 Å². The molecule has 2 aromatic rings. The van der Waals surface area contributed by atoms with Gasteiger partial charge in [-0.15, -0.1) is 0 Å². The van der Waals surface area contributed by atoms with E-state index in [0.29, 0.717) is 11.1 Å². The molecular formula is C18H20O5. The summed E-state index contributed by atoms with van der Waals surface area (Å²) < 4.78 is 5.66. The highest BCUT2D eigenvalue weighted by Gasteiger charge is 2.57. The Morgan fingerprint density at radius 3 is 1.74 bits per heavy atom. The van der Waals surface area contributed by atoms with E-state index >= 15 is 0 Å². The minimum atomic E-state index is -2.04. The molecule has 1 aliphatic rings.